The second-order valence-corrected chi connectivity index (χ2v) is 7.76. The van der Waals surface area contributed by atoms with Crippen LogP contribution in [-0.4, -0.2) is 39.4 Å². The summed E-state index contributed by atoms with van der Waals surface area (Å²) in [6.45, 7) is 2.07. The average molecular weight is 397 g/mol. The normalized spacial score (nSPS) is 26.4. The van der Waals surface area contributed by atoms with Gasteiger partial charge in [-0.2, -0.15) is 0 Å². The SMILES string of the molecule is CC(O)c1cccc(OC[C@@H]2[C@@H](C/C=C\CCCC(=O)O)[C@H](Cl)C[C@H]2O)c1. The van der Waals surface area contributed by atoms with E-state index in [4.69, 9.17) is 21.4 Å². The van der Waals surface area contributed by atoms with E-state index in [1.807, 2.05) is 36.4 Å². The van der Waals surface area contributed by atoms with Crippen molar-refractivity contribution in [2.75, 3.05) is 6.61 Å². The quantitative estimate of drug-likeness (QED) is 0.317. The third-order valence-electron chi connectivity index (χ3n) is 5.09. The van der Waals surface area contributed by atoms with Crippen molar-refractivity contribution < 1.29 is 24.9 Å². The van der Waals surface area contributed by atoms with Gasteiger partial charge in [0.1, 0.15) is 5.75 Å². The van der Waals surface area contributed by atoms with Crippen molar-refractivity contribution in [1.29, 1.82) is 0 Å². The number of alkyl halides is 1. The van der Waals surface area contributed by atoms with Crippen LogP contribution in [0.4, 0.5) is 0 Å². The Labute approximate surface area is 165 Å². The Kier molecular flexibility index (Phi) is 8.61. The van der Waals surface area contributed by atoms with Crippen LogP contribution in [0, 0.1) is 11.8 Å². The highest BCUT2D eigenvalue weighted by molar-refractivity contribution is 6.21. The van der Waals surface area contributed by atoms with E-state index in [1.165, 1.54) is 0 Å². The number of unbranched alkanes of at least 4 members (excludes halogenated alkanes) is 1. The molecule has 0 aromatic heterocycles. The predicted molar refractivity (Wildman–Crippen MR) is 105 cm³/mol. The first-order valence-corrected chi connectivity index (χ1v) is 9.92. The maximum Gasteiger partial charge on any atom is 0.303 e. The fourth-order valence-corrected chi connectivity index (χ4v) is 3.96. The van der Waals surface area contributed by atoms with Crippen LogP contribution >= 0.6 is 11.6 Å². The van der Waals surface area contributed by atoms with Gasteiger partial charge in [-0.25, -0.2) is 0 Å². The molecule has 6 heteroatoms. The van der Waals surface area contributed by atoms with Gasteiger partial charge in [0.2, 0.25) is 0 Å². The molecular weight excluding hydrogens is 368 g/mol. The van der Waals surface area contributed by atoms with Crippen molar-refractivity contribution in [3.63, 3.8) is 0 Å². The highest BCUT2D eigenvalue weighted by Crippen LogP contribution is 2.39. The van der Waals surface area contributed by atoms with E-state index in [9.17, 15) is 15.0 Å². The van der Waals surface area contributed by atoms with E-state index in [0.717, 1.165) is 18.4 Å². The minimum atomic E-state index is -0.778. The van der Waals surface area contributed by atoms with Crippen LogP contribution in [0.1, 0.15) is 50.7 Å². The number of hydrogen-bond acceptors (Lipinski definition) is 4. The molecule has 1 unspecified atom stereocenters. The molecule has 1 aromatic carbocycles. The molecule has 0 radical (unpaired) electrons. The van der Waals surface area contributed by atoms with Crippen LogP contribution in [0.5, 0.6) is 5.75 Å². The molecule has 1 aliphatic carbocycles. The summed E-state index contributed by atoms with van der Waals surface area (Å²) in [5, 5.41) is 28.6. The Morgan fingerprint density at radius 3 is 2.85 bits per heavy atom. The maximum absolute atomic E-state index is 10.5. The lowest BCUT2D eigenvalue weighted by Crippen LogP contribution is -2.27. The van der Waals surface area contributed by atoms with Gasteiger partial charge in [-0.15, -0.1) is 11.6 Å². The number of aliphatic hydroxyl groups excluding tert-OH is 2. The third kappa shape index (κ3) is 6.83. The first-order valence-electron chi connectivity index (χ1n) is 9.48. The summed E-state index contributed by atoms with van der Waals surface area (Å²) in [5.74, 6) is -0.0645. The molecule has 0 spiro atoms. The van der Waals surface area contributed by atoms with Gasteiger partial charge in [0.15, 0.2) is 0 Å². The summed E-state index contributed by atoms with van der Waals surface area (Å²) in [5.41, 5.74) is 0.788. The molecule has 5 atom stereocenters. The Morgan fingerprint density at radius 1 is 1.37 bits per heavy atom. The van der Waals surface area contributed by atoms with Gasteiger partial charge in [-0.05, 0) is 56.2 Å². The highest BCUT2D eigenvalue weighted by atomic mass is 35.5. The number of carboxylic acids is 1. The molecule has 1 fully saturated rings. The van der Waals surface area contributed by atoms with Crippen LogP contribution < -0.4 is 4.74 Å². The molecule has 1 aromatic rings. The largest absolute Gasteiger partial charge is 0.493 e. The van der Waals surface area contributed by atoms with Gasteiger partial charge in [-0.3, -0.25) is 4.79 Å². The Balaban J connectivity index is 1.88. The Morgan fingerprint density at radius 2 is 2.15 bits per heavy atom. The molecule has 150 valence electrons. The summed E-state index contributed by atoms with van der Waals surface area (Å²) in [6, 6.07) is 7.32. The van der Waals surface area contributed by atoms with Crippen molar-refractivity contribution in [3.8, 4) is 5.75 Å². The number of allylic oxidation sites excluding steroid dienone is 2. The molecule has 2 rings (SSSR count). The van der Waals surface area contributed by atoms with Crippen LogP contribution in [-0.2, 0) is 4.79 Å². The number of aliphatic carboxylic acids is 1. The van der Waals surface area contributed by atoms with Gasteiger partial charge in [0.05, 0.1) is 18.8 Å². The van der Waals surface area contributed by atoms with Crippen molar-refractivity contribution in [2.45, 2.75) is 56.6 Å². The van der Waals surface area contributed by atoms with E-state index in [2.05, 4.69) is 0 Å². The third-order valence-corrected chi connectivity index (χ3v) is 5.60. The lowest BCUT2D eigenvalue weighted by molar-refractivity contribution is -0.137. The van der Waals surface area contributed by atoms with Crippen LogP contribution in [0.15, 0.2) is 36.4 Å². The monoisotopic (exact) mass is 396 g/mol. The molecular formula is C21H29ClO5. The second kappa shape index (κ2) is 10.7. The number of halogens is 1. The fourth-order valence-electron chi connectivity index (χ4n) is 3.49. The molecule has 0 aliphatic heterocycles. The molecule has 0 saturated heterocycles. The summed E-state index contributed by atoms with van der Waals surface area (Å²) in [7, 11) is 0. The summed E-state index contributed by atoms with van der Waals surface area (Å²) in [4.78, 5) is 10.5. The van der Waals surface area contributed by atoms with Gasteiger partial charge in [-0.1, -0.05) is 24.3 Å². The number of benzene rings is 1. The van der Waals surface area contributed by atoms with E-state index < -0.39 is 18.2 Å². The standard InChI is InChI=1S/C21H29ClO5/c1-14(23)15-7-6-8-16(11-15)27-13-18-17(19(22)12-20(18)24)9-4-2-3-5-10-21(25)26/h2,4,6-8,11,14,17-20,23-24H,3,5,9-10,12-13H2,1H3,(H,25,26)/b4-2-/t14?,17-,18-,19-,20-/m1/s1. The van der Waals surface area contributed by atoms with Crippen LogP contribution in [0.3, 0.4) is 0 Å². The molecule has 1 saturated carbocycles. The molecule has 0 bridgehead atoms. The van der Waals surface area contributed by atoms with E-state index in [-0.39, 0.29) is 23.6 Å². The number of hydrogen-bond donors (Lipinski definition) is 3. The fraction of sp³-hybridized carbons (Fsp3) is 0.571. The van der Waals surface area contributed by atoms with Crippen molar-refractivity contribution >= 4 is 17.6 Å². The summed E-state index contributed by atoms with van der Waals surface area (Å²) in [6.07, 6.45) is 5.75. The lowest BCUT2D eigenvalue weighted by atomic mass is 9.92. The van der Waals surface area contributed by atoms with Crippen LogP contribution in [0.2, 0.25) is 0 Å². The molecule has 0 amide bonds. The lowest BCUT2D eigenvalue weighted by Gasteiger charge is -2.23. The van der Waals surface area contributed by atoms with E-state index >= 15 is 0 Å². The summed E-state index contributed by atoms with van der Waals surface area (Å²) < 4.78 is 5.88. The minimum absolute atomic E-state index is 0.0635. The van der Waals surface area contributed by atoms with Gasteiger partial charge < -0.3 is 20.1 Å². The molecule has 3 N–H and O–H groups in total. The molecule has 1 aliphatic rings. The van der Waals surface area contributed by atoms with E-state index in [0.29, 0.717) is 25.2 Å². The number of carboxylic acid groups (broad SMARTS) is 1. The van der Waals surface area contributed by atoms with Gasteiger partial charge >= 0.3 is 5.97 Å². The number of rotatable bonds is 10. The molecule has 27 heavy (non-hydrogen) atoms. The maximum atomic E-state index is 10.5. The first-order chi connectivity index (χ1) is 12.9. The van der Waals surface area contributed by atoms with Crippen molar-refractivity contribution in [3.05, 3.63) is 42.0 Å². The van der Waals surface area contributed by atoms with Crippen molar-refractivity contribution in [1.82, 2.24) is 0 Å². The van der Waals surface area contributed by atoms with Gasteiger partial charge in [0, 0.05) is 17.7 Å². The van der Waals surface area contributed by atoms with E-state index in [1.54, 1.807) is 6.92 Å². The Bertz CT molecular complexity index is 631. The highest BCUT2D eigenvalue weighted by Gasteiger charge is 2.41. The molecule has 5 nitrogen and oxygen atoms in total. The topological polar surface area (TPSA) is 87.0 Å². The average Bonchev–Trinajstić information content (AvgIpc) is 2.89. The minimum Gasteiger partial charge on any atom is -0.493 e. The first kappa shape index (κ1) is 21.7. The Hall–Kier alpha value is -1.56. The van der Waals surface area contributed by atoms with Crippen LogP contribution in [0.25, 0.3) is 0 Å². The number of aliphatic hydroxyl groups is 2. The van der Waals surface area contributed by atoms with Crippen molar-refractivity contribution in [2.24, 2.45) is 11.8 Å². The zero-order chi connectivity index (χ0) is 19.8. The number of carbonyl (C=O) groups is 1. The van der Waals surface area contributed by atoms with Gasteiger partial charge in [0.25, 0.3) is 0 Å². The summed E-state index contributed by atoms with van der Waals surface area (Å²) >= 11 is 6.44. The second-order valence-electron chi connectivity index (χ2n) is 7.20. The predicted octanol–water partition coefficient (Wildman–Crippen LogP) is 3.92. The smallest absolute Gasteiger partial charge is 0.303 e. The molecule has 0 heterocycles. The zero-order valence-electron chi connectivity index (χ0n) is 15.6. The number of ether oxygens (including phenoxy) is 1. The zero-order valence-corrected chi connectivity index (χ0v) is 16.4.